The number of rotatable bonds is 4. The summed E-state index contributed by atoms with van der Waals surface area (Å²) in [4.78, 5) is 6.97. The number of nitrogens with zero attached hydrogens (tertiary/aromatic N) is 2. The molecule has 2 fully saturated rings. The Morgan fingerprint density at radius 1 is 0.971 bits per heavy atom. The summed E-state index contributed by atoms with van der Waals surface area (Å²) in [6.45, 7) is 6.96. The van der Waals surface area contributed by atoms with Crippen molar-refractivity contribution < 1.29 is 0 Å². The summed E-state index contributed by atoms with van der Waals surface area (Å²) in [5.41, 5.74) is 7.20. The predicted molar refractivity (Wildman–Crippen MR) is 152 cm³/mol. The van der Waals surface area contributed by atoms with Crippen LogP contribution in [0.1, 0.15) is 86.0 Å². The lowest BCUT2D eigenvalue weighted by atomic mass is 9.90. The third-order valence-electron chi connectivity index (χ3n) is 8.63. The molecule has 1 aliphatic heterocycles. The van der Waals surface area contributed by atoms with E-state index in [2.05, 4.69) is 98.3 Å². The molecule has 2 nitrogen and oxygen atoms in total. The maximum atomic E-state index is 2.79. The normalized spacial score (nSPS) is 24.9. The van der Waals surface area contributed by atoms with Gasteiger partial charge in [-0.2, -0.15) is 0 Å². The largest absolute Gasteiger partial charge is 0.347 e. The quantitative estimate of drug-likeness (QED) is 0.366. The highest BCUT2D eigenvalue weighted by molar-refractivity contribution is 7.19. The third kappa shape index (κ3) is 3.97. The summed E-state index contributed by atoms with van der Waals surface area (Å²) in [6.07, 6.45) is 14.7. The first-order chi connectivity index (χ1) is 17.0. The minimum absolute atomic E-state index is 0.293. The Balaban J connectivity index is 1.46. The number of benzene rings is 2. The molecule has 0 radical (unpaired) electrons. The molecule has 2 aliphatic carbocycles. The first-order valence-corrected chi connectivity index (χ1v) is 14.3. The van der Waals surface area contributed by atoms with E-state index in [-0.39, 0.29) is 0 Å². The molecule has 0 N–H and O–H groups in total. The van der Waals surface area contributed by atoms with Gasteiger partial charge in [-0.3, -0.25) is 4.90 Å². The first kappa shape index (κ1) is 23.1. The maximum absolute atomic E-state index is 2.79. The highest BCUT2D eigenvalue weighted by atomic mass is 32.1. The molecule has 3 atom stereocenters. The second-order valence-corrected chi connectivity index (χ2v) is 12.3. The van der Waals surface area contributed by atoms with Gasteiger partial charge in [0.2, 0.25) is 0 Å². The highest BCUT2D eigenvalue weighted by Crippen LogP contribution is 2.49. The fraction of sp³-hybridized carbons (Fsp3) is 0.438. The van der Waals surface area contributed by atoms with E-state index >= 15 is 0 Å². The van der Waals surface area contributed by atoms with Gasteiger partial charge in [-0.05, 0) is 91.9 Å². The molecule has 1 saturated heterocycles. The van der Waals surface area contributed by atoms with Crippen LogP contribution in [0.4, 0.5) is 5.69 Å². The molecule has 3 aromatic rings. The van der Waals surface area contributed by atoms with Crippen LogP contribution in [-0.4, -0.2) is 24.0 Å². The monoisotopic (exact) mass is 482 g/mol. The second kappa shape index (κ2) is 9.26. The molecule has 2 aromatic carbocycles. The van der Waals surface area contributed by atoms with E-state index in [1.165, 1.54) is 68.6 Å². The van der Waals surface area contributed by atoms with Gasteiger partial charge in [0.15, 0.2) is 0 Å². The molecule has 0 bridgehead atoms. The molecule has 0 spiro atoms. The minimum Gasteiger partial charge on any atom is -0.347 e. The molecule has 3 unspecified atom stereocenters. The number of allylic oxidation sites excluding steroid dienone is 4. The van der Waals surface area contributed by atoms with E-state index in [0.717, 1.165) is 12.8 Å². The van der Waals surface area contributed by atoms with Crippen LogP contribution in [0.25, 0.3) is 15.7 Å². The molecule has 6 rings (SSSR count). The summed E-state index contributed by atoms with van der Waals surface area (Å²) in [5.74, 6) is 0.545. The van der Waals surface area contributed by atoms with Crippen molar-refractivity contribution >= 4 is 32.7 Å². The van der Waals surface area contributed by atoms with Gasteiger partial charge in [-0.15, -0.1) is 11.3 Å². The van der Waals surface area contributed by atoms with Crippen molar-refractivity contribution in [2.75, 3.05) is 11.9 Å². The third-order valence-corrected chi connectivity index (χ3v) is 9.74. The molecule has 1 saturated carbocycles. The molecule has 0 amide bonds. The van der Waals surface area contributed by atoms with E-state index in [0.29, 0.717) is 24.2 Å². The van der Waals surface area contributed by atoms with Crippen molar-refractivity contribution in [2.45, 2.75) is 83.5 Å². The molecule has 1 aromatic heterocycles. The van der Waals surface area contributed by atoms with E-state index in [1.54, 1.807) is 0 Å². The van der Waals surface area contributed by atoms with Gasteiger partial charge in [0.1, 0.15) is 6.17 Å². The Morgan fingerprint density at radius 2 is 1.74 bits per heavy atom. The lowest BCUT2D eigenvalue weighted by molar-refractivity contribution is 0.208. The summed E-state index contributed by atoms with van der Waals surface area (Å²) in [5, 5.41) is 1.47. The van der Waals surface area contributed by atoms with Gasteiger partial charge in [0.05, 0.1) is 0 Å². The summed E-state index contributed by atoms with van der Waals surface area (Å²) in [7, 11) is 2.39. The Morgan fingerprint density at radius 3 is 2.46 bits per heavy atom. The van der Waals surface area contributed by atoms with Gasteiger partial charge < -0.3 is 4.90 Å². The standard InChI is InChI=1S/C32H38N2S/c1-21(2)25-16-19-30-27(20-25)31(22(3)35-30)32-33(4)28-12-8-9-13-29(28)34(32)26-17-14-24(15-18-26)23-10-6-5-7-11-23/h5-6,10,14-21,28-29,32H,7-9,11-13H2,1-4H3. The van der Waals surface area contributed by atoms with Gasteiger partial charge in [-0.1, -0.05) is 63.1 Å². The average Bonchev–Trinajstić information content (AvgIpc) is 3.36. The van der Waals surface area contributed by atoms with Crippen LogP contribution in [0, 0.1) is 6.92 Å². The molecule has 35 heavy (non-hydrogen) atoms. The van der Waals surface area contributed by atoms with Crippen LogP contribution in [0.5, 0.6) is 0 Å². The predicted octanol–water partition coefficient (Wildman–Crippen LogP) is 8.83. The van der Waals surface area contributed by atoms with Crippen molar-refractivity contribution in [1.29, 1.82) is 0 Å². The van der Waals surface area contributed by atoms with Crippen LogP contribution in [0.2, 0.25) is 0 Å². The Labute approximate surface area is 215 Å². The number of hydrogen-bond donors (Lipinski definition) is 0. The van der Waals surface area contributed by atoms with E-state index < -0.39 is 0 Å². The van der Waals surface area contributed by atoms with Gasteiger partial charge >= 0.3 is 0 Å². The average molecular weight is 483 g/mol. The zero-order valence-corrected chi connectivity index (χ0v) is 22.4. The molecule has 2 heterocycles. The number of aryl methyl sites for hydroxylation is 1. The van der Waals surface area contributed by atoms with Crippen LogP contribution in [0.3, 0.4) is 0 Å². The lowest BCUT2D eigenvalue weighted by Crippen LogP contribution is -2.39. The smallest absolute Gasteiger partial charge is 0.110 e. The SMILES string of the molecule is Cc1sc2ccc(C(C)C)cc2c1C1N(C)C2CCCCC2N1c1ccc(C2=CC=CCC2)cc1. The van der Waals surface area contributed by atoms with E-state index in [4.69, 9.17) is 0 Å². The summed E-state index contributed by atoms with van der Waals surface area (Å²) >= 11 is 1.97. The van der Waals surface area contributed by atoms with Crippen LogP contribution < -0.4 is 4.90 Å². The van der Waals surface area contributed by atoms with Crippen molar-refractivity contribution in [1.82, 2.24) is 4.90 Å². The Hall–Kier alpha value is -2.36. The van der Waals surface area contributed by atoms with Crippen molar-refractivity contribution in [3.8, 4) is 0 Å². The topological polar surface area (TPSA) is 6.48 Å². The van der Waals surface area contributed by atoms with E-state index in [1.807, 2.05) is 11.3 Å². The molecule has 3 aliphatic rings. The number of fused-ring (bicyclic) bond motifs is 2. The number of likely N-dealkylation sites (N-methyl/N-ethyl adjacent to an activating group) is 1. The van der Waals surface area contributed by atoms with Crippen LogP contribution >= 0.6 is 11.3 Å². The molecular formula is C32H38N2S. The van der Waals surface area contributed by atoms with Gasteiger partial charge in [-0.25, -0.2) is 0 Å². The first-order valence-electron chi connectivity index (χ1n) is 13.5. The number of hydrogen-bond acceptors (Lipinski definition) is 3. The minimum atomic E-state index is 0.293. The van der Waals surface area contributed by atoms with Crippen molar-refractivity contribution in [3.05, 3.63) is 82.3 Å². The van der Waals surface area contributed by atoms with Crippen LogP contribution in [-0.2, 0) is 0 Å². The number of thiophene rings is 1. The maximum Gasteiger partial charge on any atom is 0.110 e. The lowest BCUT2D eigenvalue weighted by Gasteiger charge is -2.35. The van der Waals surface area contributed by atoms with Crippen LogP contribution in [0.15, 0.2) is 60.7 Å². The van der Waals surface area contributed by atoms with Gasteiger partial charge in [0.25, 0.3) is 0 Å². The fourth-order valence-electron chi connectivity index (χ4n) is 6.75. The zero-order valence-electron chi connectivity index (χ0n) is 21.6. The Kier molecular flexibility index (Phi) is 6.10. The summed E-state index contributed by atoms with van der Waals surface area (Å²) < 4.78 is 1.43. The fourth-order valence-corrected chi connectivity index (χ4v) is 7.82. The molecule has 182 valence electrons. The highest BCUT2D eigenvalue weighted by Gasteiger charge is 2.47. The van der Waals surface area contributed by atoms with E-state index in [9.17, 15) is 0 Å². The molecular weight excluding hydrogens is 444 g/mol. The van der Waals surface area contributed by atoms with Crippen molar-refractivity contribution in [3.63, 3.8) is 0 Å². The second-order valence-electron chi connectivity index (χ2n) is 11.1. The van der Waals surface area contributed by atoms with Gasteiger partial charge in [0, 0.05) is 32.9 Å². The van der Waals surface area contributed by atoms with Crippen molar-refractivity contribution in [2.24, 2.45) is 0 Å². The molecule has 3 heteroatoms. The Bertz CT molecular complexity index is 1280. The zero-order chi connectivity index (χ0) is 24.1. The number of anilines is 1. The summed E-state index contributed by atoms with van der Waals surface area (Å²) in [6, 6.07) is 17.9.